The summed E-state index contributed by atoms with van der Waals surface area (Å²) in [4.78, 5) is 22.4. The van der Waals surface area contributed by atoms with E-state index in [1.54, 1.807) is 0 Å². The highest BCUT2D eigenvalue weighted by Crippen LogP contribution is 2.07. The molecular formula is C10H18N2O4. The van der Waals surface area contributed by atoms with Gasteiger partial charge in [0.15, 0.2) is 0 Å². The van der Waals surface area contributed by atoms with Gasteiger partial charge in [-0.2, -0.15) is 0 Å². The molecule has 1 heterocycles. The Hall–Kier alpha value is -1.14. The summed E-state index contributed by atoms with van der Waals surface area (Å²) in [5.74, 6) is -1.40. The van der Waals surface area contributed by atoms with E-state index in [4.69, 9.17) is 10.2 Å². The molecule has 0 saturated carbocycles. The van der Waals surface area contributed by atoms with Gasteiger partial charge in [0.25, 0.3) is 0 Å². The molecule has 1 saturated heterocycles. The van der Waals surface area contributed by atoms with Gasteiger partial charge in [-0.15, -0.1) is 0 Å². The van der Waals surface area contributed by atoms with E-state index in [1.165, 1.54) is 0 Å². The summed E-state index contributed by atoms with van der Waals surface area (Å²) in [5.41, 5.74) is 0. The van der Waals surface area contributed by atoms with E-state index in [9.17, 15) is 9.59 Å². The highest BCUT2D eigenvalue weighted by molar-refractivity contribution is 5.86. The molecule has 6 nitrogen and oxygen atoms in total. The lowest BCUT2D eigenvalue weighted by atomic mass is 10.0. The molecule has 1 amide bonds. The molecule has 1 aliphatic heterocycles. The third-order valence-electron chi connectivity index (χ3n) is 2.66. The van der Waals surface area contributed by atoms with Gasteiger partial charge < -0.3 is 20.8 Å². The molecule has 4 N–H and O–H groups in total. The first kappa shape index (κ1) is 12.9. The maximum absolute atomic E-state index is 11.7. The zero-order valence-electron chi connectivity index (χ0n) is 9.11. The van der Waals surface area contributed by atoms with Crippen molar-refractivity contribution in [2.24, 2.45) is 0 Å². The van der Waals surface area contributed by atoms with Crippen LogP contribution in [0.5, 0.6) is 0 Å². The molecule has 0 aromatic carbocycles. The number of hydrogen-bond acceptors (Lipinski definition) is 4. The summed E-state index contributed by atoms with van der Waals surface area (Å²) in [5, 5.41) is 22.9. The molecule has 0 aliphatic carbocycles. The number of aliphatic hydroxyl groups excluding tert-OH is 1. The Labute approximate surface area is 94.0 Å². The monoisotopic (exact) mass is 230 g/mol. The van der Waals surface area contributed by atoms with E-state index in [0.29, 0.717) is 0 Å². The highest BCUT2D eigenvalue weighted by atomic mass is 16.4. The topological polar surface area (TPSA) is 98.7 Å². The lowest BCUT2D eigenvalue weighted by Gasteiger charge is -2.24. The first-order valence-corrected chi connectivity index (χ1v) is 5.52. The standard InChI is InChI=1S/C10H18N2O4/c13-6-4-8(10(15)16)12-9(14)7-3-1-2-5-11-7/h7-8,11,13H,1-6H2,(H,12,14)(H,15,16)/t7-,8?/m0/s1. The van der Waals surface area contributed by atoms with Crippen molar-refractivity contribution in [3.63, 3.8) is 0 Å². The van der Waals surface area contributed by atoms with E-state index in [0.717, 1.165) is 25.8 Å². The number of carboxylic acid groups (broad SMARTS) is 1. The Morgan fingerprint density at radius 1 is 1.44 bits per heavy atom. The predicted octanol–water partition coefficient (Wildman–Crippen LogP) is -0.920. The van der Waals surface area contributed by atoms with Crippen molar-refractivity contribution in [2.45, 2.75) is 37.8 Å². The van der Waals surface area contributed by atoms with Crippen LogP contribution in [0.25, 0.3) is 0 Å². The lowest BCUT2D eigenvalue weighted by molar-refractivity contribution is -0.142. The molecule has 6 heteroatoms. The van der Waals surface area contributed by atoms with Crippen molar-refractivity contribution in [2.75, 3.05) is 13.2 Å². The van der Waals surface area contributed by atoms with Gasteiger partial charge in [0, 0.05) is 13.0 Å². The third kappa shape index (κ3) is 3.79. The number of hydrogen-bond donors (Lipinski definition) is 4. The Bertz CT molecular complexity index is 251. The molecule has 0 aromatic rings. The van der Waals surface area contributed by atoms with Crippen molar-refractivity contribution >= 4 is 11.9 Å². The minimum atomic E-state index is -1.11. The predicted molar refractivity (Wildman–Crippen MR) is 56.9 cm³/mol. The van der Waals surface area contributed by atoms with Crippen molar-refractivity contribution in [1.29, 1.82) is 0 Å². The first-order valence-electron chi connectivity index (χ1n) is 5.52. The highest BCUT2D eigenvalue weighted by Gasteiger charge is 2.25. The van der Waals surface area contributed by atoms with Gasteiger partial charge in [-0.05, 0) is 19.4 Å². The zero-order valence-corrected chi connectivity index (χ0v) is 9.11. The molecule has 0 bridgehead atoms. The smallest absolute Gasteiger partial charge is 0.326 e. The lowest BCUT2D eigenvalue weighted by Crippen LogP contribution is -2.51. The van der Waals surface area contributed by atoms with Gasteiger partial charge in [-0.3, -0.25) is 4.79 Å². The van der Waals surface area contributed by atoms with E-state index in [1.807, 2.05) is 0 Å². The number of amides is 1. The van der Waals surface area contributed by atoms with Crippen LogP contribution < -0.4 is 10.6 Å². The van der Waals surface area contributed by atoms with Gasteiger partial charge >= 0.3 is 5.97 Å². The molecule has 92 valence electrons. The number of aliphatic hydroxyl groups is 1. The van der Waals surface area contributed by atoms with Crippen molar-refractivity contribution < 1.29 is 19.8 Å². The number of carbonyl (C=O) groups excluding carboxylic acids is 1. The Kier molecular flexibility index (Phi) is 5.21. The summed E-state index contributed by atoms with van der Waals surface area (Å²) >= 11 is 0. The second kappa shape index (κ2) is 6.44. The van der Waals surface area contributed by atoms with Crippen molar-refractivity contribution in [3.05, 3.63) is 0 Å². The molecule has 0 spiro atoms. The van der Waals surface area contributed by atoms with Crippen LogP contribution in [0.4, 0.5) is 0 Å². The summed E-state index contributed by atoms with van der Waals surface area (Å²) in [6.07, 6.45) is 2.79. The van der Waals surface area contributed by atoms with Gasteiger partial charge in [-0.1, -0.05) is 6.42 Å². The Morgan fingerprint density at radius 2 is 2.19 bits per heavy atom. The van der Waals surface area contributed by atoms with Crippen molar-refractivity contribution in [1.82, 2.24) is 10.6 Å². The molecule has 0 aromatic heterocycles. The normalized spacial score (nSPS) is 22.4. The van der Waals surface area contributed by atoms with Crippen molar-refractivity contribution in [3.8, 4) is 0 Å². The molecule has 16 heavy (non-hydrogen) atoms. The number of piperidine rings is 1. The molecule has 1 unspecified atom stereocenters. The molecule has 0 radical (unpaired) electrons. The second-order valence-electron chi connectivity index (χ2n) is 3.91. The van der Waals surface area contributed by atoms with E-state index < -0.39 is 12.0 Å². The van der Waals surface area contributed by atoms with Crippen LogP contribution in [0.1, 0.15) is 25.7 Å². The van der Waals surface area contributed by atoms with Crippen LogP contribution in [0.2, 0.25) is 0 Å². The maximum atomic E-state index is 11.7. The number of nitrogens with one attached hydrogen (secondary N) is 2. The SMILES string of the molecule is O=C(O)C(CCO)NC(=O)[C@@H]1CCCCN1. The number of aliphatic carboxylic acids is 1. The fourth-order valence-corrected chi connectivity index (χ4v) is 1.73. The van der Waals surface area contributed by atoms with Gasteiger partial charge in [0.05, 0.1) is 6.04 Å². The van der Waals surface area contributed by atoms with E-state index >= 15 is 0 Å². The van der Waals surface area contributed by atoms with E-state index in [2.05, 4.69) is 10.6 Å². The van der Waals surface area contributed by atoms with Crippen LogP contribution in [0, 0.1) is 0 Å². The average Bonchev–Trinajstić information content (AvgIpc) is 2.29. The fourth-order valence-electron chi connectivity index (χ4n) is 1.73. The quantitative estimate of drug-likeness (QED) is 0.489. The largest absolute Gasteiger partial charge is 0.480 e. The summed E-state index contributed by atoms with van der Waals surface area (Å²) in [7, 11) is 0. The molecule has 1 aliphatic rings. The number of carbonyl (C=O) groups is 2. The average molecular weight is 230 g/mol. The third-order valence-corrected chi connectivity index (χ3v) is 2.66. The number of carboxylic acids is 1. The Morgan fingerprint density at radius 3 is 2.69 bits per heavy atom. The minimum absolute atomic E-state index is 0.0355. The number of rotatable bonds is 5. The molecular weight excluding hydrogens is 212 g/mol. The van der Waals surface area contributed by atoms with Gasteiger partial charge in [0.2, 0.25) is 5.91 Å². The van der Waals surface area contributed by atoms with Crippen LogP contribution in [-0.2, 0) is 9.59 Å². The van der Waals surface area contributed by atoms with Crippen LogP contribution in [0.15, 0.2) is 0 Å². The van der Waals surface area contributed by atoms with Crippen LogP contribution in [-0.4, -0.2) is 47.3 Å². The van der Waals surface area contributed by atoms with Gasteiger partial charge in [-0.25, -0.2) is 4.79 Å². The second-order valence-corrected chi connectivity index (χ2v) is 3.91. The maximum Gasteiger partial charge on any atom is 0.326 e. The first-order chi connectivity index (χ1) is 7.65. The fraction of sp³-hybridized carbons (Fsp3) is 0.800. The zero-order chi connectivity index (χ0) is 12.0. The van der Waals surface area contributed by atoms with Gasteiger partial charge in [0.1, 0.15) is 6.04 Å². The van der Waals surface area contributed by atoms with E-state index in [-0.39, 0.29) is 25.0 Å². The summed E-state index contributed by atoms with van der Waals surface area (Å²) < 4.78 is 0. The minimum Gasteiger partial charge on any atom is -0.480 e. The molecule has 1 fully saturated rings. The van der Waals surface area contributed by atoms with Crippen LogP contribution >= 0.6 is 0 Å². The van der Waals surface area contributed by atoms with Crippen LogP contribution in [0.3, 0.4) is 0 Å². The Balaban J connectivity index is 2.43. The summed E-state index contributed by atoms with van der Waals surface area (Å²) in [6.45, 7) is 0.533. The molecule has 1 rings (SSSR count). The summed E-state index contributed by atoms with van der Waals surface area (Å²) in [6, 6.07) is -1.30. The molecule has 2 atom stereocenters.